The smallest absolute Gasteiger partial charge is 0.165 e. The van der Waals surface area contributed by atoms with Gasteiger partial charge in [-0.1, -0.05) is 42.5 Å². The van der Waals surface area contributed by atoms with Crippen molar-refractivity contribution in [1.82, 2.24) is 4.98 Å². The monoisotopic (exact) mass is 329 g/mol. The molecule has 0 radical (unpaired) electrons. The van der Waals surface area contributed by atoms with Gasteiger partial charge in [0.05, 0.1) is 12.8 Å². The highest BCUT2D eigenvalue weighted by Crippen LogP contribution is 2.36. The molecule has 1 aliphatic rings. The van der Waals surface area contributed by atoms with Crippen LogP contribution in [0.3, 0.4) is 0 Å². The molecule has 0 saturated carbocycles. The van der Waals surface area contributed by atoms with Gasteiger partial charge in [-0.05, 0) is 47.2 Å². The summed E-state index contributed by atoms with van der Waals surface area (Å²) in [6.45, 7) is 0. The summed E-state index contributed by atoms with van der Waals surface area (Å²) < 4.78 is 5.22. The third-order valence-electron chi connectivity index (χ3n) is 4.85. The zero-order chi connectivity index (χ0) is 17.2. The number of fused-ring (bicyclic) bond motifs is 1. The predicted molar refractivity (Wildman–Crippen MR) is 98.1 cm³/mol. The van der Waals surface area contributed by atoms with E-state index in [2.05, 4.69) is 4.98 Å². The first-order chi connectivity index (χ1) is 12.3. The quantitative estimate of drug-likeness (QED) is 0.701. The summed E-state index contributed by atoms with van der Waals surface area (Å²) >= 11 is 0. The Kier molecular flexibility index (Phi) is 4.06. The standard InChI is InChI=1S/C22H19NO2/c1-25-18-9-7-15(8-10-18)17-13-20-22(21(24)14-17)19(11-12-23-20)16-5-3-2-4-6-16/h2-12,17H,13-14H2,1H3/t17-/m1/s1. The lowest BCUT2D eigenvalue weighted by Gasteiger charge is -2.25. The minimum atomic E-state index is 0.171. The molecule has 3 aromatic rings. The van der Waals surface area contributed by atoms with Gasteiger partial charge in [0, 0.05) is 18.2 Å². The Morgan fingerprint density at radius 2 is 1.72 bits per heavy atom. The molecule has 0 amide bonds. The first-order valence-electron chi connectivity index (χ1n) is 8.46. The average molecular weight is 329 g/mol. The normalized spacial score (nSPS) is 16.4. The van der Waals surface area contributed by atoms with Crippen LogP contribution in [0.4, 0.5) is 0 Å². The molecule has 0 N–H and O–H groups in total. The largest absolute Gasteiger partial charge is 0.497 e. The van der Waals surface area contributed by atoms with Crippen LogP contribution in [-0.4, -0.2) is 17.9 Å². The second kappa shape index (κ2) is 6.52. The molecule has 0 spiro atoms. The molecule has 1 aliphatic carbocycles. The number of hydrogen-bond acceptors (Lipinski definition) is 3. The maximum Gasteiger partial charge on any atom is 0.165 e. The summed E-state index contributed by atoms with van der Waals surface area (Å²) in [6.07, 6.45) is 3.11. The lowest BCUT2D eigenvalue weighted by molar-refractivity contribution is 0.0964. The number of ketones is 1. The fourth-order valence-electron chi connectivity index (χ4n) is 3.57. The number of ether oxygens (including phenoxy) is 1. The van der Waals surface area contributed by atoms with E-state index in [0.29, 0.717) is 6.42 Å². The van der Waals surface area contributed by atoms with Gasteiger partial charge in [-0.15, -0.1) is 0 Å². The number of Topliss-reactive ketones (excluding diaryl/α,β-unsaturated/α-hetero) is 1. The van der Waals surface area contributed by atoms with Crippen LogP contribution in [0.1, 0.15) is 34.0 Å². The zero-order valence-electron chi connectivity index (χ0n) is 14.1. The predicted octanol–water partition coefficient (Wildman–Crippen LogP) is 4.67. The van der Waals surface area contributed by atoms with Crippen LogP contribution in [0.25, 0.3) is 11.1 Å². The SMILES string of the molecule is COc1ccc([C@H]2CC(=O)c3c(-c4ccccc4)ccnc3C2)cc1. The van der Waals surface area contributed by atoms with E-state index in [4.69, 9.17) is 4.74 Å². The van der Waals surface area contributed by atoms with Crippen molar-refractivity contribution in [3.63, 3.8) is 0 Å². The van der Waals surface area contributed by atoms with E-state index in [1.54, 1.807) is 7.11 Å². The highest BCUT2D eigenvalue weighted by Gasteiger charge is 2.29. The third kappa shape index (κ3) is 2.93. The Balaban J connectivity index is 1.71. The zero-order valence-corrected chi connectivity index (χ0v) is 14.1. The van der Waals surface area contributed by atoms with Gasteiger partial charge in [0.25, 0.3) is 0 Å². The van der Waals surface area contributed by atoms with Crippen LogP contribution in [-0.2, 0) is 6.42 Å². The average Bonchev–Trinajstić information content (AvgIpc) is 2.68. The van der Waals surface area contributed by atoms with Gasteiger partial charge < -0.3 is 4.74 Å². The molecular weight excluding hydrogens is 310 g/mol. The molecule has 0 fully saturated rings. The van der Waals surface area contributed by atoms with E-state index in [1.807, 2.05) is 66.9 Å². The van der Waals surface area contributed by atoms with E-state index in [0.717, 1.165) is 40.1 Å². The summed E-state index contributed by atoms with van der Waals surface area (Å²) in [5.41, 5.74) is 4.91. The van der Waals surface area contributed by atoms with Gasteiger partial charge in [0.1, 0.15) is 5.75 Å². The first kappa shape index (κ1) is 15.6. The third-order valence-corrected chi connectivity index (χ3v) is 4.85. The van der Waals surface area contributed by atoms with Crippen molar-refractivity contribution < 1.29 is 9.53 Å². The molecule has 4 rings (SSSR count). The van der Waals surface area contributed by atoms with Crippen molar-refractivity contribution in [2.75, 3.05) is 7.11 Å². The number of rotatable bonds is 3. The Morgan fingerprint density at radius 1 is 0.960 bits per heavy atom. The molecule has 2 aromatic carbocycles. The number of benzene rings is 2. The molecule has 3 heteroatoms. The summed E-state index contributed by atoms with van der Waals surface area (Å²) in [4.78, 5) is 17.4. The molecule has 1 atom stereocenters. The summed E-state index contributed by atoms with van der Waals surface area (Å²) in [6, 6.07) is 20.0. The Labute approximate surface area is 147 Å². The molecule has 25 heavy (non-hydrogen) atoms. The number of nitrogens with zero attached hydrogens (tertiary/aromatic N) is 1. The number of hydrogen-bond donors (Lipinski definition) is 0. The highest BCUT2D eigenvalue weighted by molar-refractivity contribution is 6.04. The van der Waals surface area contributed by atoms with Gasteiger partial charge in [-0.25, -0.2) is 0 Å². The van der Waals surface area contributed by atoms with Crippen molar-refractivity contribution in [2.45, 2.75) is 18.8 Å². The number of pyridine rings is 1. The van der Waals surface area contributed by atoms with E-state index >= 15 is 0 Å². The van der Waals surface area contributed by atoms with Gasteiger partial charge >= 0.3 is 0 Å². The molecule has 0 saturated heterocycles. The minimum Gasteiger partial charge on any atom is -0.497 e. The highest BCUT2D eigenvalue weighted by atomic mass is 16.5. The first-order valence-corrected chi connectivity index (χ1v) is 8.46. The van der Waals surface area contributed by atoms with Crippen LogP contribution in [0.5, 0.6) is 5.75 Å². The molecule has 0 unspecified atom stereocenters. The van der Waals surface area contributed by atoms with Gasteiger partial charge in [-0.3, -0.25) is 9.78 Å². The van der Waals surface area contributed by atoms with Crippen LogP contribution in [0, 0.1) is 0 Å². The molecule has 3 nitrogen and oxygen atoms in total. The van der Waals surface area contributed by atoms with Crippen molar-refractivity contribution >= 4 is 5.78 Å². The number of aromatic nitrogens is 1. The molecule has 124 valence electrons. The number of carbonyl (C=O) groups is 1. The van der Waals surface area contributed by atoms with Crippen molar-refractivity contribution in [2.24, 2.45) is 0 Å². The van der Waals surface area contributed by atoms with E-state index < -0.39 is 0 Å². The maximum atomic E-state index is 12.9. The fourth-order valence-corrected chi connectivity index (χ4v) is 3.57. The van der Waals surface area contributed by atoms with Crippen LogP contribution < -0.4 is 4.74 Å². The van der Waals surface area contributed by atoms with Gasteiger partial charge in [0.2, 0.25) is 0 Å². The van der Waals surface area contributed by atoms with E-state index in [-0.39, 0.29) is 11.7 Å². The Bertz CT molecular complexity index is 901. The minimum absolute atomic E-state index is 0.171. The maximum absolute atomic E-state index is 12.9. The topological polar surface area (TPSA) is 39.2 Å². The van der Waals surface area contributed by atoms with Crippen molar-refractivity contribution in [1.29, 1.82) is 0 Å². The number of carbonyl (C=O) groups excluding carboxylic acids is 1. The van der Waals surface area contributed by atoms with Gasteiger partial charge in [0.15, 0.2) is 5.78 Å². The lowest BCUT2D eigenvalue weighted by atomic mass is 9.79. The van der Waals surface area contributed by atoms with E-state index in [9.17, 15) is 4.79 Å². The molecule has 1 aromatic heterocycles. The van der Waals surface area contributed by atoms with Crippen molar-refractivity contribution in [3.05, 3.63) is 83.7 Å². The van der Waals surface area contributed by atoms with Crippen molar-refractivity contribution in [3.8, 4) is 16.9 Å². The van der Waals surface area contributed by atoms with E-state index in [1.165, 1.54) is 0 Å². The molecule has 1 heterocycles. The lowest BCUT2D eigenvalue weighted by Crippen LogP contribution is -2.21. The molecule has 0 bridgehead atoms. The second-order valence-corrected chi connectivity index (χ2v) is 6.35. The summed E-state index contributed by atoms with van der Waals surface area (Å²) in [5.74, 6) is 1.18. The van der Waals surface area contributed by atoms with Crippen LogP contribution in [0.2, 0.25) is 0 Å². The number of methoxy groups -OCH3 is 1. The second-order valence-electron chi connectivity index (χ2n) is 6.35. The molecular formula is C22H19NO2. The van der Waals surface area contributed by atoms with Crippen LogP contribution >= 0.6 is 0 Å². The van der Waals surface area contributed by atoms with Crippen LogP contribution in [0.15, 0.2) is 66.9 Å². The Morgan fingerprint density at radius 3 is 2.44 bits per heavy atom. The summed E-state index contributed by atoms with van der Waals surface area (Å²) in [7, 11) is 1.66. The Hall–Kier alpha value is -2.94. The molecule has 0 aliphatic heterocycles. The fraction of sp³-hybridized carbons (Fsp3) is 0.182. The summed E-state index contributed by atoms with van der Waals surface area (Å²) in [5, 5.41) is 0. The van der Waals surface area contributed by atoms with Gasteiger partial charge in [-0.2, -0.15) is 0 Å².